The number of hydrazine groups is 1. The molecule has 1 heterocycles. The van der Waals surface area contributed by atoms with E-state index in [9.17, 15) is 9.59 Å². The fraction of sp³-hybridized carbons (Fsp3) is 0.333. The Morgan fingerprint density at radius 2 is 1.65 bits per heavy atom. The van der Waals surface area contributed by atoms with Crippen molar-refractivity contribution in [2.24, 2.45) is 0 Å². The van der Waals surface area contributed by atoms with Gasteiger partial charge in [-0.2, -0.15) is 0 Å². The molecule has 5 heteroatoms. The molecule has 0 unspecified atom stereocenters. The molecule has 1 saturated heterocycles. The Labute approximate surface area is 152 Å². The second kappa shape index (κ2) is 7.30. The molecule has 0 radical (unpaired) electrons. The Kier molecular flexibility index (Phi) is 4.71. The highest BCUT2D eigenvalue weighted by molar-refractivity contribution is 5.79. The van der Waals surface area contributed by atoms with Crippen molar-refractivity contribution in [2.45, 2.75) is 25.2 Å². The molecule has 1 amide bonds. The molecule has 0 aromatic heterocycles. The van der Waals surface area contributed by atoms with E-state index in [1.807, 2.05) is 24.3 Å². The Bertz CT molecular complexity index is 788. The molecule has 5 nitrogen and oxygen atoms in total. The SMILES string of the molecule is O=C1CCCN(NC(=O)OCC2c3ccccc3-c3ccccc32)CC1. The maximum absolute atomic E-state index is 12.2. The number of hydrogen-bond donors (Lipinski definition) is 1. The fourth-order valence-corrected chi connectivity index (χ4v) is 3.84. The number of ketones is 1. The average Bonchev–Trinajstić information content (AvgIpc) is 2.83. The smallest absolute Gasteiger partial charge is 0.421 e. The van der Waals surface area contributed by atoms with Gasteiger partial charge in [-0.3, -0.25) is 10.2 Å². The van der Waals surface area contributed by atoms with E-state index in [1.165, 1.54) is 22.3 Å². The molecule has 134 valence electrons. The number of rotatable bonds is 3. The third kappa shape index (κ3) is 3.35. The van der Waals surface area contributed by atoms with Gasteiger partial charge in [0.2, 0.25) is 0 Å². The lowest BCUT2D eigenvalue weighted by atomic mass is 9.98. The first-order chi connectivity index (χ1) is 12.7. The van der Waals surface area contributed by atoms with E-state index >= 15 is 0 Å². The van der Waals surface area contributed by atoms with Crippen molar-refractivity contribution in [2.75, 3.05) is 19.7 Å². The van der Waals surface area contributed by atoms with Crippen molar-refractivity contribution in [3.05, 3.63) is 59.7 Å². The molecule has 2 aliphatic rings. The number of carbonyl (C=O) groups is 2. The van der Waals surface area contributed by atoms with Crippen molar-refractivity contribution >= 4 is 11.9 Å². The number of hydrogen-bond acceptors (Lipinski definition) is 4. The van der Waals surface area contributed by atoms with E-state index in [1.54, 1.807) is 5.01 Å². The van der Waals surface area contributed by atoms with Crippen molar-refractivity contribution in [1.82, 2.24) is 10.4 Å². The average molecular weight is 350 g/mol. The minimum atomic E-state index is -0.457. The molecule has 1 fully saturated rings. The summed E-state index contributed by atoms with van der Waals surface area (Å²) in [5.74, 6) is 0.306. The van der Waals surface area contributed by atoms with Gasteiger partial charge in [0, 0.05) is 31.8 Å². The molecule has 26 heavy (non-hydrogen) atoms. The van der Waals surface area contributed by atoms with Gasteiger partial charge in [0.15, 0.2) is 0 Å². The van der Waals surface area contributed by atoms with Crippen LogP contribution in [-0.4, -0.2) is 36.6 Å². The Balaban J connectivity index is 1.41. The number of Topliss-reactive ketones (excluding diaryl/α,β-unsaturated/α-hetero) is 1. The summed E-state index contributed by atoms with van der Waals surface area (Å²) in [5, 5.41) is 1.78. The summed E-state index contributed by atoms with van der Waals surface area (Å²) in [6, 6.07) is 16.5. The summed E-state index contributed by atoms with van der Waals surface area (Å²) >= 11 is 0. The highest BCUT2D eigenvalue weighted by Crippen LogP contribution is 2.44. The highest BCUT2D eigenvalue weighted by atomic mass is 16.6. The number of ether oxygens (including phenoxy) is 1. The van der Waals surface area contributed by atoms with E-state index in [2.05, 4.69) is 29.7 Å². The molecule has 2 aromatic carbocycles. The lowest BCUT2D eigenvalue weighted by molar-refractivity contribution is -0.118. The maximum Gasteiger partial charge on any atom is 0.421 e. The summed E-state index contributed by atoms with van der Waals surface area (Å²) < 4.78 is 5.53. The van der Waals surface area contributed by atoms with Crippen LogP contribution in [0.4, 0.5) is 4.79 Å². The minimum absolute atomic E-state index is 0.0545. The number of amides is 1. The molecule has 1 N–H and O–H groups in total. The summed E-state index contributed by atoms with van der Waals surface area (Å²) in [6.07, 6.45) is 1.37. The van der Waals surface area contributed by atoms with E-state index in [-0.39, 0.29) is 11.7 Å². The van der Waals surface area contributed by atoms with E-state index in [0.717, 1.165) is 6.42 Å². The molecule has 0 bridgehead atoms. The van der Waals surface area contributed by atoms with Crippen molar-refractivity contribution < 1.29 is 14.3 Å². The summed E-state index contributed by atoms with van der Waals surface area (Å²) in [7, 11) is 0. The van der Waals surface area contributed by atoms with Crippen LogP contribution < -0.4 is 5.43 Å². The van der Waals surface area contributed by atoms with Crippen LogP contribution in [0.25, 0.3) is 11.1 Å². The molecule has 0 saturated carbocycles. The molecule has 1 aliphatic heterocycles. The minimum Gasteiger partial charge on any atom is -0.448 e. The Morgan fingerprint density at radius 3 is 2.35 bits per heavy atom. The lowest BCUT2D eigenvalue weighted by Gasteiger charge is -2.21. The van der Waals surface area contributed by atoms with Crippen LogP contribution in [0, 0.1) is 0 Å². The first kappa shape index (κ1) is 16.8. The molecule has 1 aliphatic carbocycles. The van der Waals surface area contributed by atoms with Gasteiger partial charge in [-0.1, -0.05) is 48.5 Å². The Hall–Kier alpha value is -2.66. The largest absolute Gasteiger partial charge is 0.448 e. The number of fused-ring (bicyclic) bond motifs is 3. The predicted octanol–water partition coefficient (Wildman–Crippen LogP) is 3.50. The van der Waals surface area contributed by atoms with Gasteiger partial charge in [0.1, 0.15) is 12.4 Å². The Morgan fingerprint density at radius 1 is 1.00 bits per heavy atom. The zero-order valence-electron chi connectivity index (χ0n) is 14.6. The molecule has 2 aromatic rings. The monoisotopic (exact) mass is 350 g/mol. The van der Waals surface area contributed by atoms with Crippen molar-refractivity contribution in [1.29, 1.82) is 0 Å². The second-order valence-electron chi connectivity index (χ2n) is 6.82. The third-order valence-electron chi connectivity index (χ3n) is 5.14. The van der Waals surface area contributed by atoms with Crippen molar-refractivity contribution in [3.63, 3.8) is 0 Å². The van der Waals surface area contributed by atoms with Gasteiger partial charge >= 0.3 is 6.09 Å². The normalized spacial score (nSPS) is 17.3. The van der Waals surface area contributed by atoms with Crippen LogP contribution in [-0.2, 0) is 9.53 Å². The van der Waals surface area contributed by atoms with Crippen LogP contribution in [0.3, 0.4) is 0 Å². The molecule has 4 rings (SSSR count). The molecule has 0 atom stereocenters. The van der Waals surface area contributed by atoms with Crippen LogP contribution in [0.5, 0.6) is 0 Å². The van der Waals surface area contributed by atoms with E-state index in [0.29, 0.717) is 32.5 Å². The van der Waals surface area contributed by atoms with Crippen LogP contribution in [0.15, 0.2) is 48.5 Å². The van der Waals surface area contributed by atoms with Gasteiger partial charge in [-0.15, -0.1) is 0 Å². The molecular weight excluding hydrogens is 328 g/mol. The van der Waals surface area contributed by atoms with Gasteiger partial charge < -0.3 is 4.74 Å². The highest BCUT2D eigenvalue weighted by Gasteiger charge is 2.29. The van der Waals surface area contributed by atoms with Gasteiger partial charge in [-0.05, 0) is 28.7 Å². The second-order valence-corrected chi connectivity index (χ2v) is 6.82. The van der Waals surface area contributed by atoms with Crippen LogP contribution in [0.1, 0.15) is 36.3 Å². The van der Waals surface area contributed by atoms with Gasteiger partial charge in [-0.25, -0.2) is 9.80 Å². The number of benzene rings is 2. The fourth-order valence-electron chi connectivity index (χ4n) is 3.84. The number of nitrogens with one attached hydrogen (secondary N) is 1. The molecule has 0 spiro atoms. The van der Waals surface area contributed by atoms with E-state index in [4.69, 9.17) is 4.74 Å². The first-order valence-electron chi connectivity index (χ1n) is 9.10. The number of carbonyl (C=O) groups excluding carboxylic acids is 2. The van der Waals surface area contributed by atoms with E-state index < -0.39 is 6.09 Å². The van der Waals surface area contributed by atoms with Gasteiger partial charge in [0.25, 0.3) is 0 Å². The zero-order valence-corrected chi connectivity index (χ0v) is 14.6. The zero-order chi connectivity index (χ0) is 17.9. The first-order valence-corrected chi connectivity index (χ1v) is 9.10. The third-order valence-corrected chi connectivity index (χ3v) is 5.14. The van der Waals surface area contributed by atoms with Crippen LogP contribution in [0.2, 0.25) is 0 Å². The van der Waals surface area contributed by atoms with Gasteiger partial charge in [0.05, 0.1) is 0 Å². The van der Waals surface area contributed by atoms with Crippen molar-refractivity contribution in [3.8, 4) is 11.1 Å². The summed E-state index contributed by atoms with van der Waals surface area (Å²) in [5.41, 5.74) is 7.59. The predicted molar refractivity (Wildman–Crippen MR) is 98.6 cm³/mol. The lowest BCUT2D eigenvalue weighted by Crippen LogP contribution is -2.43. The molecular formula is C21H22N2O3. The summed E-state index contributed by atoms with van der Waals surface area (Å²) in [4.78, 5) is 23.7. The number of nitrogens with zero attached hydrogens (tertiary/aromatic N) is 1. The van der Waals surface area contributed by atoms with Crippen LogP contribution >= 0.6 is 0 Å². The maximum atomic E-state index is 12.2. The summed E-state index contributed by atoms with van der Waals surface area (Å²) in [6.45, 7) is 1.52. The quantitative estimate of drug-likeness (QED) is 0.920. The topological polar surface area (TPSA) is 58.6 Å². The standard InChI is InChI=1S/C21H22N2O3/c24-15-6-5-12-23(13-11-15)22-21(25)26-14-20-18-9-3-1-7-16(18)17-8-2-4-10-19(17)20/h1-4,7-10,20H,5-6,11-14H2,(H,22,25).